The molecule has 1 amide bonds. The Morgan fingerprint density at radius 2 is 1.63 bits per heavy atom. The lowest BCUT2D eigenvalue weighted by atomic mass is 9.33. The molecule has 5 rings (SSSR count). The van der Waals surface area contributed by atoms with Crippen LogP contribution in [0.4, 0.5) is 0 Å². The van der Waals surface area contributed by atoms with Crippen molar-refractivity contribution in [3.05, 3.63) is 11.6 Å². The molecule has 2 N–H and O–H groups in total. The minimum absolute atomic E-state index is 0.00967. The van der Waals surface area contributed by atoms with E-state index in [0.717, 1.165) is 38.5 Å². The molecule has 0 aromatic heterocycles. The molecule has 4 nitrogen and oxygen atoms in total. The van der Waals surface area contributed by atoms with Gasteiger partial charge in [-0.2, -0.15) is 0 Å². The second-order valence-corrected chi connectivity index (χ2v) is 15.3. The first kappa shape index (κ1) is 25.8. The molecule has 0 spiro atoms. The number of amides is 1. The first-order valence-electron chi connectivity index (χ1n) is 14.4. The lowest BCUT2D eigenvalue weighted by Gasteiger charge is -2.71. The van der Waals surface area contributed by atoms with Crippen LogP contribution in [0.3, 0.4) is 0 Å². The van der Waals surface area contributed by atoms with Gasteiger partial charge in [0.1, 0.15) is 0 Å². The lowest BCUT2D eigenvalue weighted by Crippen LogP contribution is -2.64. The van der Waals surface area contributed by atoms with Gasteiger partial charge >= 0.3 is 0 Å². The molecule has 0 aliphatic heterocycles. The van der Waals surface area contributed by atoms with Gasteiger partial charge in [0.05, 0.1) is 13.2 Å². The van der Waals surface area contributed by atoms with E-state index in [1.807, 2.05) is 0 Å². The summed E-state index contributed by atoms with van der Waals surface area (Å²) in [5.74, 6) is 1.76. The first-order valence-corrected chi connectivity index (χ1v) is 14.4. The highest BCUT2D eigenvalue weighted by molar-refractivity contribution is 5.81. The zero-order valence-corrected chi connectivity index (χ0v) is 23.7. The van der Waals surface area contributed by atoms with Crippen LogP contribution < -0.4 is 5.48 Å². The van der Waals surface area contributed by atoms with Gasteiger partial charge in [-0.25, -0.2) is 5.48 Å². The zero-order valence-electron chi connectivity index (χ0n) is 23.7. The summed E-state index contributed by atoms with van der Waals surface area (Å²) in [5, 5.41) is 10.9. The molecule has 4 saturated carbocycles. The standard InChI is InChI=1S/C31H51NO3/c1-26(2)22-11-14-31(7)23(29(22,5)13-12-24(26)33)10-9-20-21-19-28(4,25(34)32-35-8)16-15-27(21,3)17-18-30(20,31)6/h9,21-24,33H,10-19H2,1-8H3,(H,32,34)/t21-,22?,23+,24-,27+,28-,29-,30+,31+/m0/s1. The molecule has 5 aliphatic rings. The molecule has 4 heteroatoms. The second-order valence-electron chi connectivity index (χ2n) is 15.3. The van der Waals surface area contributed by atoms with Crippen molar-refractivity contribution >= 4 is 5.91 Å². The molecule has 9 atom stereocenters. The Hall–Kier alpha value is -0.870. The van der Waals surface area contributed by atoms with E-state index in [0.29, 0.717) is 23.2 Å². The van der Waals surface area contributed by atoms with E-state index in [9.17, 15) is 9.90 Å². The van der Waals surface area contributed by atoms with Gasteiger partial charge in [-0.05, 0) is 109 Å². The van der Waals surface area contributed by atoms with E-state index in [1.54, 1.807) is 12.7 Å². The molecule has 0 saturated heterocycles. The Labute approximate surface area is 214 Å². The van der Waals surface area contributed by atoms with Crippen molar-refractivity contribution < 1.29 is 14.7 Å². The molecule has 0 heterocycles. The molecular formula is C31H51NO3. The van der Waals surface area contributed by atoms with Crippen molar-refractivity contribution in [1.82, 2.24) is 5.48 Å². The normalized spacial score (nSPS) is 52.8. The third-order valence-corrected chi connectivity index (χ3v) is 13.6. The van der Waals surface area contributed by atoms with Gasteiger partial charge in [0, 0.05) is 5.41 Å². The Morgan fingerprint density at radius 1 is 0.943 bits per heavy atom. The van der Waals surface area contributed by atoms with Crippen LogP contribution in [0, 0.1) is 50.2 Å². The number of hydroxylamine groups is 1. The number of allylic oxidation sites excluding steroid dienone is 2. The van der Waals surface area contributed by atoms with Crippen molar-refractivity contribution in [3.63, 3.8) is 0 Å². The van der Waals surface area contributed by atoms with E-state index >= 15 is 0 Å². The summed E-state index contributed by atoms with van der Waals surface area (Å²) < 4.78 is 0. The number of fused-ring (bicyclic) bond motifs is 7. The topological polar surface area (TPSA) is 58.6 Å². The fourth-order valence-electron chi connectivity index (χ4n) is 10.8. The molecule has 1 unspecified atom stereocenters. The maximum absolute atomic E-state index is 13.0. The largest absolute Gasteiger partial charge is 0.393 e. The Kier molecular flexibility index (Phi) is 5.76. The number of carbonyl (C=O) groups excluding carboxylic acids is 1. The summed E-state index contributed by atoms with van der Waals surface area (Å²) >= 11 is 0. The fourth-order valence-corrected chi connectivity index (χ4v) is 10.8. The Balaban J connectivity index is 1.54. The van der Waals surface area contributed by atoms with Gasteiger partial charge in [-0.3, -0.25) is 9.63 Å². The van der Waals surface area contributed by atoms with Gasteiger partial charge in [-0.1, -0.05) is 60.1 Å². The highest BCUT2D eigenvalue weighted by Crippen LogP contribution is 2.75. The molecule has 35 heavy (non-hydrogen) atoms. The highest BCUT2D eigenvalue weighted by atomic mass is 16.6. The van der Waals surface area contributed by atoms with Gasteiger partial charge in [0.15, 0.2) is 0 Å². The van der Waals surface area contributed by atoms with E-state index in [2.05, 4.69) is 60.0 Å². The van der Waals surface area contributed by atoms with Crippen molar-refractivity contribution in [1.29, 1.82) is 0 Å². The number of aliphatic hydroxyl groups is 1. The quantitative estimate of drug-likeness (QED) is 0.333. The predicted octanol–water partition coefficient (Wildman–Crippen LogP) is 6.83. The first-order chi connectivity index (χ1) is 16.2. The van der Waals surface area contributed by atoms with Crippen molar-refractivity contribution in [2.45, 2.75) is 119 Å². The minimum Gasteiger partial charge on any atom is -0.393 e. The van der Waals surface area contributed by atoms with Crippen LogP contribution in [0.2, 0.25) is 0 Å². The summed E-state index contributed by atoms with van der Waals surface area (Å²) in [6, 6.07) is 0. The van der Waals surface area contributed by atoms with E-state index < -0.39 is 0 Å². The molecule has 0 radical (unpaired) electrons. The fraction of sp³-hybridized carbons (Fsp3) is 0.903. The van der Waals surface area contributed by atoms with Crippen LogP contribution in [-0.4, -0.2) is 24.2 Å². The van der Waals surface area contributed by atoms with Crippen molar-refractivity contribution in [2.75, 3.05) is 7.11 Å². The summed E-state index contributed by atoms with van der Waals surface area (Å²) in [5.41, 5.74) is 4.99. The number of carbonyl (C=O) groups is 1. The maximum atomic E-state index is 13.0. The van der Waals surface area contributed by atoms with Crippen LogP contribution in [0.25, 0.3) is 0 Å². The lowest BCUT2D eigenvalue weighted by molar-refractivity contribution is -0.203. The monoisotopic (exact) mass is 485 g/mol. The van der Waals surface area contributed by atoms with E-state index in [1.165, 1.54) is 25.7 Å². The van der Waals surface area contributed by atoms with Crippen LogP contribution >= 0.6 is 0 Å². The van der Waals surface area contributed by atoms with Gasteiger partial charge in [0.2, 0.25) is 5.91 Å². The number of rotatable bonds is 2. The van der Waals surface area contributed by atoms with E-state index in [4.69, 9.17) is 4.84 Å². The summed E-state index contributed by atoms with van der Waals surface area (Å²) in [7, 11) is 1.54. The van der Waals surface area contributed by atoms with Crippen LogP contribution in [0.5, 0.6) is 0 Å². The number of hydrogen-bond acceptors (Lipinski definition) is 3. The van der Waals surface area contributed by atoms with Gasteiger partial charge in [0.25, 0.3) is 0 Å². The third kappa shape index (κ3) is 3.27. The van der Waals surface area contributed by atoms with Crippen LogP contribution in [0.1, 0.15) is 113 Å². The number of nitrogens with one attached hydrogen (secondary N) is 1. The average Bonchev–Trinajstić information content (AvgIpc) is 2.78. The molecule has 0 aromatic rings. The summed E-state index contributed by atoms with van der Waals surface area (Å²) in [6.07, 6.45) is 13.7. The molecule has 0 bridgehead atoms. The SMILES string of the molecule is CONC(=O)[C@@]1(C)CC[C@]2(C)CC[C@]3(C)C(=CC[C@@H]4[C@@]5(C)CC[C@H](O)C(C)(C)C5CC[C@]43C)[C@@H]2C1. The minimum atomic E-state index is -0.371. The van der Waals surface area contributed by atoms with Crippen LogP contribution in [0.15, 0.2) is 11.6 Å². The predicted molar refractivity (Wildman–Crippen MR) is 140 cm³/mol. The smallest absolute Gasteiger partial charge is 0.249 e. The maximum Gasteiger partial charge on any atom is 0.249 e. The molecular weight excluding hydrogens is 434 g/mol. The highest BCUT2D eigenvalue weighted by Gasteiger charge is 2.68. The Morgan fingerprint density at radius 3 is 2.31 bits per heavy atom. The molecule has 5 aliphatic carbocycles. The molecule has 4 fully saturated rings. The average molecular weight is 486 g/mol. The Bertz CT molecular complexity index is 926. The van der Waals surface area contributed by atoms with Gasteiger partial charge < -0.3 is 5.11 Å². The second kappa shape index (κ2) is 7.82. The third-order valence-electron chi connectivity index (χ3n) is 13.6. The summed E-state index contributed by atoms with van der Waals surface area (Å²) in [4.78, 5) is 18.1. The summed E-state index contributed by atoms with van der Waals surface area (Å²) in [6.45, 7) is 17.1. The molecule has 0 aromatic carbocycles. The van der Waals surface area contributed by atoms with Gasteiger partial charge in [-0.15, -0.1) is 0 Å². The number of hydrogen-bond donors (Lipinski definition) is 2. The zero-order chi connectivity index (χ0) is 25.7. The molecule has 198 valence electrons. The number of aliphatic hydroxyl groups excluding tert-OH is 1. The van der Waals surface area contributed by atoms with Crippen molar-refractivity contribution in [2.24, 2.45) is 50.2 Å². The van der Waals surface area contributed by atoms with Crippen molar-refractivity contribution in [3.8, 4) is 0 Å². The van der Waals surface area contributed by atoms with Crippen LogP contribution in [-0.2, 0) is 9.63 Å². The van der Waals surface area contributed by atoms with E-state index in [-0.39, 0.29) is 39.1 Å².